The predicted molar refractivity (Wildman–Crippen MR) is 108 cm³/mol. The van der Waals surface area contributed by atoms with Crippen LogP contribution in [0, 0.1) is 17.6 Å². The number of thiocarbonyl (C=S) groups is 1. The van der Waals surface area contributed by atoms with Crippen LogP contribution >= 0.6 is 12.2 Å². The Balaban J connectivity index is 1.98. The summed E-state index contributed by atoms with van der Waals surface area (Å²) in [5.41, 5.74) is 0.439. The van der Waals surface area contributed by atoms with Gasteiger partial charge in [0.15, 0.2) is 11.6 Å². The van der Waals surface area contributed by atoms with Crippen LogP contribution in [0.1, 0.15) is 19.8 Å². The van der Waals surface area contributed by atoms with Crippen LogP contribution in [0.25, 0.3) is 11.1 Å². The van der Waals surface area contributed by atoms with E-state index in [0.717, 1.165) is 0 Å². The van der Waals surface area contributed by atoms with Crippen LogP contribution in [0.4, 0.5) is 8.78 Å². The van der Waals surface area contributed by atoms with Gasteiger partial charge >= 0.3 is 0 Å². The van der Waals surface area contributed by atoms with E-state index >= 15 is 0 Å². The minimum Gasteiger partial charge on any atom is -0.493 e. The molecule has 28 heavy (non-hydrogen) atoms. The first-order valence-electron chi connectivity index (χ1n) is 9.17. The second-order valence-electron chi connectivity index (χ2n) is 6.85. The fourth-order valence-electron chi connectivity index (χ4n) is 2.59. The fraction of sp³-hybridized carbons (Fsp3) is 0.381. The third-order valence-corrected chi connectivity index (χ3v) is 4.78. The van der Waals surface area contributed by atoms with Crippen molar-refractivity contribution in [1.82, 2.24) is 4.90 Å². The maximum Gasteiger partial charge on any atom is 0.264 e. The monoisotopic (exact) mass is 407 g/mol. The Bertz CT molecular complexity index is 869. The van der Waals surface area contributed by atoms with Crippen LogP contribution in [0.15, 0.2) is 30.3 Å². The first kappa shape index (κ1) is 20.3. The molecule has 2 aromatic carbocycles. The zero-order valence-electron chi connectivity index (χ0n) is 16.1. The van der Waals surface area contributed by atoms with Gasteiger partial charge < -0.3 is 19.1 Å². The van der Waals surface area contributed by atoms with Crippen LogP contribution in [0.5, 0.6) is 17.2 Å². The Morgan fingerprint density at radius 3 is 2.39 bits per heavy atom. The summed E-state index contributed by atoms with van der Waals surface area (Å²) in [6, 6.07) is 7.89. The second-order valence-corrected chi connectivity index (χ2v) is 7.20. The van der Waals surface area contributed by atoms with E-state index in [0.29, 0.717) is 29.6 Å². The van der Waals surface area contributed by atoms with Gasteiger partial charge in [-0.15, -0.1) is 0 Å². The summed E-state index contributed by atoms with van der Waals surface area (Å²) in [5, 5.41) is 0.201. The molecule has 1 aliphatic rings. The summed E-state index contributed by atoms with van der Waals surface area (Å²) in [4.78, 5) is 1.62. The maximum atomic E-state index is 14.7. The van der Waals surface area contributed by atoms with Gasteiger partial charge in [0, 0.05) is 31.3 Å². The summed E-state index contributed by atoms with van der Waals surface area (Å²) >= 11 is 5.22. The molecular formula is C21H23F2NO3S. The zero-order valence-corrected chi connectivity index (χ0v) is 16.9. The molecule has 0 saturated heterocycles. The van der Waals surface area contributed by atoms with E-state index in [1.807, 2.05) is 0 Å². The van der Waals surface area contributed by atoms with E-state index in [4.69, 9.17) is 26.4 Å². The number of hydrogen-bond donors (Lipinski definition) is 0. The lowest BCUT2D eigenvalue weighted by molar-refractivity contribution is 0.298. The van der Waals surface area contributed by atoms with Crippen LogP contribution in [-0.2, 0) is 0 Å². The van der Waals surface area contributed by atoms with E-state index in [-0.39, 0.29) is 23.1 Å². The Labute approximate surface area is 169 Å². The molecule has 0 heterocycles. The molecule has 0 bridgehead atoms. The van der Waals surface area contributed by atoms with E-state index < -0.39 is 11.6 Å². The third-order valence-electron chi connectivity index (χ3n) is 4.34. The highest BCUT2D eigenvalue weighted by Crippen LogP contribution is 2.38. The standard InChI is InChI=1S/C21H23F2NO3S/c1-4-25-17-10-9-16(19(22)20(17)23)15-8-7-14(26-12-13-5-6-13)11-18(15)27-21(28)24(2)3/h7-11,13H,4-6,12H2,1-3H3. The molecule has 0 spiro atoms. The third kappa shape index (κ3) is 4.70. The largest absolute Gasteiger partial charge is 0.493 e. The SMILES string of the molecule is CCOc1ccc(-c2ccc(OCC3CC3)cc2OC(=S)N(C)C)c(F)c1F. The van der Waals surface area contributed by atoms with Gasteiger partial charge in [0.05, 0.1) is 13.2 Å². The highest BCUT2D eigenvalue weighted by atomic mass is 32.1. The molecule has 7 heteroatoms. The summed E-state index contributed by atoms with van der Waals surface area (Å²) in [7, 11) is 3.49. The van der Waals surface area contributed by atoms with Crippen molar-refractivity contribution in [2.45, 2.75) is 19.8 Å². The molecule has 0 N–H and O–H groups in total. The smallest absolute Gasteiger partial charge is 0.264 e. The van der Waals surface area contributed by atoms with Crippen LogP contribution < -0.4 is 14.2 Å². The van der Waals surface area contributed by atoms with Crippen molar-refractivity contribution < 1.29 is 23.0 Å². The lowest BCUT2D eigenvalue weighted by Gasteiger charge is -2.18. The van der Waals surface area contributed by atoms with E-state index in [9.17, 15) is 8.78 Å². The summed E-state index contributed by atoms with van der Waals surface area (Å²) in [5.74, 6) is -0.676. The van der Waals surface area contributed by atoms with Crippen molar-refractivity contribution in [3.8, 4) is 28.4 Å². The Morgan fingerprint density at radius 2 is 1.75 bits per heavy atom. The van der Waals surface area contributed by atoms with Gasteiger partial charge in [-0.3, -0.25) is 0 Å². The average Bonchev–Trinajstić information content (AvgIpc) is 3.49. The molecule has 0 aliphatic heterocycles. The van der Waals surface area contributed by atoms with Gasteiger partial charge in [-0.05, 0) is 62.2 Å². The quantitative estimate of drug-likeness (QED) is 0.600. The van der Waals surface area contributed by atoms with E-state index in [2.05, 4.69) is 0 Å². The molecule has 0 unspecified atom stereocenters. The highest BCUT2D eigenvalue weighted by Gasteiger charge is 2.23. The number of nitrogens with zero attached hydrogens (tertiary/aromatic N) is 1. The molecule has 3 rings (SSSR count). The molecule has 1 aliphatic carbocycles. The first-order chi connectivity index (χ1) is 13.4. The molecule has 0 aromatic heterocycles. The Hall–Kier alpha value is -2.41. The molecule has 1 saturated carbocycles. The van der Waals surface area contributed by atoms with Crippen molar-refractivity contribution in [2.75, 3.05) is 27.3 Å². The first-order valence-corrected chi connectivity index (χ1v) is 9.58. The van der Waals surface area contributed by atoms with E-state index in [1.165, 1.54) is 25.0 Å². The fourth-order valence-corrected chi connectivity index (χ4v) is 2.68. The van der Waals surface area contributed by atoms with Gasteiger partial charge in [0.2, 0.25) is 5.82 Å². The van der Waals surface area contributed by atoms with Crippen molar-refractivity contribution in [1.29, 1.82) is 0 Å². The lowest BCUT2D eigenvalue weighted by atomic mass is 10.0. The van der Waals surface area contributed by atoms with Crippen LogP contribution in [0.2, 0.25) is 0 Å². The van der Waals surface area contributed by atoms with Gasteiger partial charge in [0.1, 0.15) is 11.5 Å². The number of benzene rings is 2. The summed E-state index contributed by atoms with van der Waals surface area (Å²) < 4.78 is 45.7. The molecular weight excluding hydrogens is 384 g/mol. The minimum atomic E-state index is -1.03. The van der Waals surface area contributed by atoms with Crippen molar-refractivity contribution >= 4 is 17.4 Å². The van der Waals surface area contributed by atoms with Crippen molar-refractivity contribution in [3.63, 3.8) is 0 Å². The Morgan fingerprint density at radius 1 is 1.04 bits per heavy atom. The number of ether oxygens (including phenoxy) is 3. The maximum absolute atomic E-state index is 14.7. The second kappa shape index (κ2) is 8.73. The number of rotatable bonds is 7. The van der Waals surface area contributed by atoms with Crippen molar-refractivity contribution in [2.24, 2.45) is 5.92 Å². The van der Waals surface area contributed by atoms with Crippen molar-refractivity contribution in [3.05, 3.63) is 42.0 Å². The predicted octanol–water partition coefficient (Wildman–Crippen LogP) is 5.04. The average molecular weight is 407 g/mol. The molecule has 0 atom stereocenters. The lowest BCUT2D eigenvalue weighted by Crippen LogP contribution is -2.25. The normalized spacial score (nSPS) is 13.2. The summed E-state index contributed by atoms with van der Waals surface area (Å²) in [6.07, 6.45) is 2.34. The molecule has 4 nitrogen and oxygen atoms in total. The van der Waals surface area contributed by atoms with Crippen LogP contribution in [0.3, 0.4) is 0 Å². The molecule has 0 amide bonds. The molecule has 150 valence electrons. The Kier molecular flexibility index (Phi) is 6.34. The van der Waals surface area contributed by atoms with Gasteiger partial charge in [-0.25, -0.2) is 4.39 Å². The van der Waals surface area contributed by atoms with Gasteiger partial charge in [0.25, 0.3) is 5.17 Å². The minimum absolute atomic E-state index is 0.0613. The highest BCUT2D eigenvalue weighted by molar-refractivity contribution is 7.80. The number of halogens is 2. The van der Waals surface area contributed by atoms with Crippen LogP contribution in [-0.4, -0.2) is 37.4 Å². The zero-order chi connectivity index (χ0) is 20.3. The summed E-state index contributed by atoms with van der Waals surface area (Å²) in [6.45, 7) is 2.58. The molecule has 1 fully saturated rings. The molecule has 0 radical (unpaired) electrons. The topological polar surface area (TPSA) is 30.9 Å². The molecule has 2 aromatic rings. The number of hydrogen-bond acceptors (Lipinski definition) is 4. The van der Waals surface area contributed by atoms with Gasteiger partial charge in [-0.2, -0.15) is 4.39 Å². The van der Waals surface area contributed by atoms with Gasteiger partial charge in [-0.1, -0.05) is 0 Å². The van der Waals surface area contributed by atoms with E-state index in [1.54, 1.807) is 44.1 Å².